The summed E-state index contributed by atoms with van der Waals surface area (Å²) >= 11 is 0. The predicted molar refractivity (Wildman–Crippen MR) is 80.5 cm³/mol. The maximum atomic E-state index is 12.0. The van der Waals surface area contributed by atoms with Crippen molar-refractivity contribution in [3.05, 3.63) is 17.8 Å². The van der Waals surface area contributed by atoms with E-state index in [1.807, 2.05) is 6.92 Å². The first-order chi connectivity index (χ1) is 9.63. The Morgan fingerprint density at radius 3 is 2.75 bits per heavy atom. The number of methoxy groups -OCH3 is 1. The molecule has 0 radical (unpaired) electrons. The zero-order chi connectivity index (χ0) is 15.0. The second-order valence-electron chi connectivity index (χ2n) is 4.39. The van der Waals surface area contributed by atoms with E-state index in [2.05, 4.69) is 17.2 Å². The number of hydrogen-bond acceptors (Lipinski definition) is 5. The number of hydrogen-bond donors (Lipinski definition) is 1. The molecular weight excluding hydrogens is 276 g/mol. The maximum absolute atomic E-state index is 12.0. The Bertz CT molecular complexity index is 477. The summed E-state index contributed by atoms with van der Waals surface area (Å²) in [6, 6.07) is 1.56. The Kier molecular flexibility index (Phi) is 7.22. The van der Waals surface area contributed by atoms with E-state index >= 15 is 0 Å². The normalized spacial score (nSPS) is 11.9. The van der Waals surface area contributed by atoms with Gasteiger partial charge in [0.15, 0.2) is 0 Å². The van der Waals surface area contributed by atoms with E-state index in [0.717, 1.165) is 25.8 Å². The molecule has 1 aromatic heterocycles. The number of nitrogens with zero attached hydrogens (tertiary/aromatic N) is 1. The molecule has 0 spiro atoms. The smallest absolute Gasteiger partial charge is 0.340 e. The highest BCUT2D eigenvalue weighted by atomic mass is 32.2. The van der Waals surface area contributed by atoms with E-state index in [1.54, 1.807) is 12.3 Å². The topological polar surface area (TPSA) is 68.3 Å². The summed E-state index contributed by atoms with van der Waals surface area (Å²) in [5.74, 6) is 0.0945. The minimum Gasteiger partial charge on any atom is -0.465 e. The van der Waals surface area contributed by atoms with Gasteiger partial charge in [-0.2, -0.15) is 0 Å². The zero-order valence-corrected chi connectivity index (χ0v) is 13.1. The summed E-state index contributed by atoms with van der Waals surface area (Å²) in [4.78, 5) is 16.0. The van der Waals surface area contributed by atoms with Crippen molar-refractivity contribution < 1.29 is 13.7 Å². The van der Waals surface area contributed by atoms with Crippen molar-refractivity contribution in [2.24, 2.45) is 0 Å². The van der Waals surface area contributed by atoms with Crippen LogP contribution in [0, 0.1) is 0 Å². The van der Waals surface area contributed by atoms with E-state index in [1.165, 1.54) is 7.11 Å². The molecule has 0 aliphatic rings. The highest BCUT2D eigenvalue weighted by Crippen LogP contribution is 2.19. The van der Waals surface area contributed by atoms with Crippen molar-refractivity contribution in [1.82, 2.24) is 4.98 Å². The average Bonchev–Trinajstić information content (AvgIpc) is 2.47. The minimum absolute atomic E-state index is 0.387. The van der Waals surface area contributed by atoms with Crippen LogP contribution in [-0.2, 0) is 15.5 Å². The van der Waals surface area contributed by atoms with Crippen LogP contribution in [0.4, 0.5) is 5.69 Å². The van der Waals surface area contributed by atoms with E-state index in [4.69, 9.17) is 4.74 Å². The number of pyridine rings is 1. The molecule has 0 saturated heterocycles. The molecule has 0 amide bonds. The Morgan fingerprint density at radius 2 is 2.15 bits per heavy atom. The number of anilines is 1. The molecule has 1 unspecified atom stereocenters. The largest absolute Gasteiger partial charge is 0.465 e. The van der Waals surface area contributed by atoms with Gasteiger partial charge >= 0.3 is 5.97 Å². The quantitative estimate of drug-likeness (QED) is 0.590. The van der Waals surface area contributed by atoms with Crippen LogP contribution in [-0.4, -0.2) is 34.6 Å². The minimum atomic E-state index is -1.17. The average molecular weight is 298 g/mol. The first-order valence-corrected chi connectivity index (χ1v) is 8.16. The van der Waals surface area contributed by atoms with Gasteiger partial charge in [-0.1, -0.05) is 20.3 Å². The van der Waals surface area contributed by atoms with E-state index in [9.17, 15) is 9.00 Å². The van der Waals surface area contributed by atoms with Gasteiger partial charge in [0.2, 0.25) is 0 Å². The first-order valence-electron chi connectivity index (χ1n) is 6.84. The van der Waals surface area contributed by atoms with Gasteiger partial charge in [0.1, 0.15) is 5.03 Å². The predicted octanol–water partition coefficient (Wildman–Crippen LogP) is 2.60. The van der Waals surface area contributed by atoms with Crippen molar-refractivity contribution in [1.29, 1.82) is 0 Å². The summed E-state index contributed by atoms with van der Waals surface area (Å²) in [6.45, 7) is 4.82. The lowest BCUT2D eigenvalue weighted by atomic mass is 10.2. The SMILES string of the molecule is CCCCNc1cnc(S(=O)CCC)cc1C(=O)OC. The Balaban J connectivity index is 3.00. The van der Waals surface area contributed by atoms with Crippen molar-refractivity contribution in [3.63, 3.8) is 0 Å². The van der Waals surface area contributed by atoms with Crippen LogP contribution in [0.5, 0.6) is 0 Å². The molecule has 0 fully saturated rings. The summed E-state index contributed by atoms with van der Waals surface area (Å²) in [6.07, 6.45) is 4.43. The second-order valence-corrected chi connectivity index (χ2v) is 5.91. The molecule has 5 nitrogen and oxygen atoms in total. The lowest BCUT2D eigenvalue weighted by molar-refractivity contribution is 0.0601. The highest BCUT2D eigenvalue weighted by molar-refractivity contribution is 7.84. The van der Waals surface area contributed by atoms with Gasteiger partial charge in [-0.15, -0.1) is 0 Å². The molecule has 1 atom stereocenters. The number of nitrogens with one attached hydrogen (secondary N) is 1. The molecule has 112 valence electrons. The molecule has 6 heteroatoms. The van der Waals surface area contributed by atoms with Gasteiger partial charge in [-0.05, 0) is 18.9 Å². The molecule has 0 aromatic carbocycles. The van der Waals surface area contributed by atoms with Crippen LogP contribution in [0.2, 0.25) is 0 Å². The van der Waals surface area contributed by atoms with Gasteiger partial charge in [0.05, 0.1) is 35.4 Å². The Morgan fingerprint density at radius 1 is 1.40 bits per heavy atom. The maximum Gasteiger partial charge on any atom is 0.340 e. The molecule has 1 N–H and O–H groups in total. The molecular formula is C14H22N2O3S. The van der Waals surface area contributed by atoms with Crippen molar-refractivity contribution >= 4 is 22.5 Å². The number of rotatable bonds is 8. The third-order valence-corrected chi connectivity index (χ3v) is 4.22. The molecule has 0 aliphatic carbocycles. The van der Waals surface area contributed by atoms with Crippen LogP contribution in [0.25, 0.3) is 0 Å². The number of aromatic nitrogens is 1. The van der Waals surface area contributed by atoms with Gasteiger partial charge in [-0.25, -0.2) is 9.78 Å². The van der Waals surface area contributed by atoms with Gasteiger partial charge < -0.3 is 10.1 Å². The lowest BCUT2D eigenvalue weighted by Gasteiger charge is -2.11. The first kappa shape index (κ1) is 16.6. The van der Waals surface area contributed by atoms with Gasteiger partial charge in [0, 0.05) is 12.3 Å². The van der Waals surface area contributed by atoms with Crippen LogP contribution >= 0.6 is 0 Å². The number of carbonyl (C=O) groups excluding carboxylic acids is 1. The summed E-state index contributed by atoms with van der Waals surface area (Å²) in [5, 5.41) is 3.59. The monoisotopic (exact) mass is 298 g/mol. The van der Waals surface area contributed by atoms with Crippen LogP contribution in [0.1, 0.15) is 43.5 Å². The molecule has 1 aromatic rings. The fourth-order valence-electron chi connectivity index (χ4n) is 1.67. The van der Waals surface area contributed by atoms with Crippen LogP contribution in [0.3, 0.4) is 0 Å². The van der Waals surface area contributed by atoms with Crippen molar-refractivity contribution in [3.8, 4) is 0 Å². The molecule has 1 rings (SSSR count). The molecule has 0 bridgehead atoms. The zero-order valence-electron chi connectivity index (χ0n) is 12.3. The summed E-state index contributed by atoms with van der Waals surface area (Å²) in [5.41, 5.74) is 1.01. The summed E-state index contributed by atoms with van der Waals surface area (Å²) in [7, 11) is 0.160. The molecule has 20 heavy (non-hydrogen) atoms. The standard InChI is InChI=1S/C14H22N2O3S/c1-4-6-7-15-12-10-16-13(20(18)8-5-2)9-11(12)14(17)19-3/h9-10,15H,4-8H2,1-3H3. The third-order valence-electron chi connectivity index (χ3n) is 2.75. The number of ether oxygens (including phenoxy) is 1. The van der Waals surface area contributed by atoms with Crippen LogP contribution in [0.15, 0.2) is 17.3 Å². The fraction of sp³-hybridized carbons (Fsp3) is 0.571. The van der Waals surface area contributed by atoms with Gasteiger partial charge in [-0.3, -0.25) is 4.21 Å². The molecule has 1 heterocycles. The third kappa shape index (κ3) is 4.59. The Hall–Kier alpha value is -1.43. The molecule has 0 aliphatic heterocycles. The highest BCUT2D eigenvalue weighted by Gasteiger charge is 2.15. The number of esters is 1. The Labute approximate surface area is 122 Å². The lowest BCUT2D eigenvalue weighted by Crippen LogP contribution is -2.11. The van der Waals surface area contributed by atoms with E-state index < -0.39 is 16.8 Å². The van der Waals surface area contributed by atoms with E-state index in [0.29, 0.717) is 22.0 Å². The number of unbranched alkanes of at least 4 members (excludes halogenated alkanes) is 1. The van der Waals surface area contributed by atoms with Crippen LogP contribution < -0.4 is 5.32 Å². The second kappa shape index (κ2) is 8.68. The molecule has 0 saturated carbocycles. The van der Waals surface area contributed by atoms with Crippen molar-refractivity contribution in [2.45, 2.75) is 38.1 Å². The fourth-order valence-corrected chi connectivity index (χ4v) is 2.67. The van der Waals surface area contributed by atoms with Gasteiger partial charge in [0.25, 0.3) is 0 Å². The number of carbonyl (C=O) groups is 1. The summed E-state index contributed by atoms with van der Waals surface area (Å²) < 4.78 is 16.7. The van der Waals surface area contributed by atoms with E-state index in [-0.39, 0.29) is 0 Å². The van der Waals surface area contributed by atoms with Crippen molar-refractivity contribution in [2.75, 3.05) is 24.7 Å².